The Labute approximate surface area is 266 Å². The summed E-state index contributed by atoms with van der Waals surface area (Å²) in [6.45, 7) is -0.161. The molecule has 11 nitrogen and oxygen atoms in total. The Kier molecular flexibility index (Phi) is 29.4. The van der Waals surface area contributed by atoms with Crippen LogP contribution in [-0.4, -0.2) is 94.5 Å². The van der Waals surface area contributed by atoms with Crippen LogP contribution in [0.3, 0.4) is 0 Å². The van der Waals surface area contributed by atoms with Crippen molar-refractivity contribution < 1.29 is 53.5 Å². The minimum absolute atomic E-state index is 0.189. The van der Waals surface area contributed by atoms with E-state index in [2.05, 4.69) is 11.4 Å². The van der Waals surface area contributed by atoms with Gasteiger partial charge in [-0.05, 0) is 18.9 Å². The van der Waals surface area contributed by atoms with E-state index in [0.29, 0.717) is 0 Å². The number of methoxy groups -OCH3 is 1. The van der Waals surface area contributed by atoms with Crippen molar-refractivity contribution in [2.75, 3.05) is 33.5 Å². The fourth-order valence-corrected chi connectivity index (χ4v) is 5.83. The molecule has 0 bridgehead atoms. The maximum Gasteiger partial charge on any atom is 0.472 e. The normalized spacial score (nSPS) is 16.9. The van der Waals surface area contributed by atoms with E-state index < -0.39 is 58.2 Å². The number of unbranched alkanes of at least 4 members (excludes halogenated alkanes) is 18. The maximum atomic E-state index is 12.3. The average Bonchev–Trinajstić information content (AvgIpc) is 3.02. The average molecular weight is 657 g/mol. The summed E-state index contributed by atoms with van der Waals surface area (Å²) in [6, 6.07) is 0. The Morgan fingerprint density at radius 3 is 1.61 bits per heavy atom. The molecule has 0 aromatic carbocycles. The summed E-state index contributed by atoms with van der Waals surface area (Å²) in [4.78, 5) is 9.98. The molecule has 0 fully saturated rings. The highest BCUT2D eigenvalue weighted by Gasteiger charge is 2.40. The highest BCUT2D eigenvalue weighted by atomic mass is 31.2. The number of phosphoric ester groups is 1. The Morgan fingerprint density at radius 1 is 0.705 bits per heavy atom. The quantitative estimate of drug-likeness (QED) is 0.0297. The van der Waals surface area contributed by atoms with Crippen LogP contribution in [0.25, 0.3) is 0 Å². The van der Waals surface area contributed by atoms with Crippen LogP contribution in [0.4, 0.5) is 0 Å². The summed E-state index contributed by atoms with van der Waals surface area (Å²) in [5.41, 5.74) is 0. The Bertz CT molecular complexity index is 697. The number of hydrogen-bond acceptors (Lipinski definition) is 10. The Hall–Kier alpha value is -0.590. The molecule has 0 aliphatic rings. The molecule has 12 heteroatoms. The second kappa shape index (κ2) is 29.8. The number of aliphatic hydroxyl groups excluding tert-OH is 5. The summed E-state index contributed by atoms with van der Waals surface area (Å²) in [7, 11) is -3.58. The molecule has 0 heterocycles. The minimum Gasteiger partial charge on any atom is -0.499 e. The monoisotopic (exact) mass is 656 g/mol. The molecule has 0 saturated carbocycles. The van der Waals surface area contributed by atoms with Crippen LogP contribution in [0.5, 0.6) is 0 Å². The fourth-order valence-electron chi connectivity index (χ4n) is 4.84. The van der Waals surface area contributed by atoms with Gasteiger partial charge in [0, 0.05) is 7.11 Å². The molecule has 44 heavy (non-hydrogen) atoms. The van der Waals surface area contributed by atoms with Gasteiger partial charge in [-0.3, -0.25) is 9.05 Å². The van der Waals surface area contributed by atoms with Gasteiger partial charge in [0.25, 0.3) is 0 Å². The predicted molar refractivity (Wildman–Crippen MR) is 172 cm³/mol. The van der Waals surface area contributed by atoms with Crippen molar-refractivity contribution in [3.05, 3.63) is 12.3 Å². The summed E-state index contributed by atoms with van der Waals surface area (Å²) in [5.74, 6) is 0. The zero-order valence-electron chi connectivity index (χ0n) is 27.5. The lowest BCUT2D eigenvalue weighted by molar-refractivity contribution is -0.131. The minimum atomic E-state index is -4.85. The van der Waals surface area contributed by atoms with Gasteiger partial charge in [0.1, 0.15) is 37.1 Å². The van der Waals surface area contributed by atoms with Gasteiger partial charge in [0.2, 0.25) is 0 Å². The van der Waals surface area contributed by atoms with E-state index >= 15 is 0 Å². The van der Waals surface area contributed by atoms with Crippen molar-refractivity contribution in [2.24, 2.45) is 0 Å². The largest absolute Gasteiger partial charge is 0.499 e. The van der Waals surface area contributed by atoms with Crippen LogP contribution < -0.4 is 0 Å². The maximum absolute atomic E-state index is 12.3. The van der Waals surface area contributed by atoms with Crippen LogP contribution in [0.1, 0.15) is 129 Å². The summed E-state index contributed by atoms with van der Waals surface area (Å²) >= 11 is 0. The number of allylic oxidation sites excluding steroid dienone is 1. The predicted octanol–water partition coefficient (Wildman–Crippen LogP) is 5.53. The van der Waals surface area contributed by atoms with E-state index in [1.807, 2.05) is 6.08 Å². The lowest BCUT2D eigenvalue weighted by Crippen LogP contribution is -2.49. The van der Waals surface area contributed by atoms with Crippen LogP contribution >= 0.6 is 7.82 Å². The van der Waals surface area contributed by atoms with Crippen LogP contribution in [-0.2, 0) is 23.1 Å². The molecule has 0 rings (SSSR count). The van der Waals surface area contributed by atoms with Crippen LogP contribution in [0.15, 0.2) is 12.3 Å². The second-order valence-electron chi connectivity index (χ2n) is 11.7. The summed E-state index contributed by atoms with van der Waals surface area (Å²) < 4.78 is 32.7. The molecular formula is C32H65O11P. The molecule has 0 saturated heterocycles. The second-order valence-corrected chi connectivity index (χ2v) is 13.1. The summed E-state index contributed by atoms with van der Waals surface area (Å²) in [5, 5.41) is 47.6. The highest BCUT2D eigenvalue weighted by Crippen LogP contribution is 2.46. The topological polar surface area (TPSA) is 175 Å². The molecular weight excluding hydrogens is 591 g/mol. The molecule has 0 amide bonds. The molecule has 0 spiro atoms. The third kappa shape index (κ3) is 24.6. The zero-order valence-corrected chi connectivity index (χ0v) is 28.4. The number of hydrogen-bond donors (Lipinski definition) is 6. The van der Waals surface area contributed by atoms with E-state index in [9.17, 15) is 29.9 Å². The van der Waals surface area contributed by atoms with Gasteiger partial charge < -0.3 is 39.9 Å². The van der Waals surface area contributed by atoms with Gasteiger partial charge in [0.05, 0.1) is 26.1 Å². The third-order valence-electron chi connectivity index (χ3n) is 7.66. The van der Waals surface area contributed by atoms with Crippen molar-refractivity contribution in [1.82, 2.24) is 0 Å². The van der Waals surface area contributed by atoms with Gasteiger partial charge in [-0.2, -0.15) is 0 Å². The van der Waals surface area contributed by atoms with E-state index in [-0.39, 0.29) is 6.61 Å². The van der Waals surface area contributed by atoms with Crippen molar-refractivity contribution in [3.8, 4) is 0 Å². The first kappa shape index (κ1) is 43.4. The first-order chi connectivity index (χ1) is 21.2. The van der Waals surface area contributed by atoms with E-state index in [4.69, 9.17) is 19.1 Å². The van der Waals surface area contributed by atoms with Gasteiger partial charge in [-0.1, -0.05) is 116 Å². The highest BCUT2D eigenvalue weighted by molar-refractivity contribution is 7.47. The molecule has 0 aromatic rings. The molecule has 264 valence electrons. The molecule has 1 unspecified atom stereocenters. The lowest BCUT2D eigenvalue weighted by atomic mass is 10.0. The van der Waals surface area contributed by atoms with Crippen molar-refractivity contribution >= 4 is 7.82 Å². The molecule has 6 N–H and O–H groups in total. The zero-order chi connectivity index (χ0) is 32.9. The molecule has 0 aliphatic carbocycles. The van der Waals surface area contributed by atoms with E-state index in [0.717, 1.165) is 19.3 Å². The fraction of sp³-hybridized carbons (Fsp3) is 0.938. The van der Waals surface area contributed by atoms with Crippen LogP contribution in [0.2, 0.25) is 0 Å². The Morgan fingerprint density at radius 2 is 1.18 bits per heavy atom. The van der Waals surface area contributed by atoms with E-state index in [1.165, 1.54) is 116 Å². The first-order valence-electron chi connectivity index (χ1n) is 16.9. The number of phosphoric acid groups is 1. The molecule has 0 radical (unpaired) electrons. The first-order valence-corrected chi connectivity index (χ1v) is 18.4. The smallest absolute Gasteiger partial charge is 0.472 e. The molecule has 0 aromatic heterocycles. The molecule has 6 atom stereocenters. The van der Waals surface area contributed by atoms with Crippen molar-refractivity contribution in [3.63, 3.8) is 0 Å². The Balaban J connectivity index is 4.06. The standard InChI is InChI=1S/C32H65O11P/c1-3-4-5-6-7-8-9-10-11-12-13-14-15-16-17-18-19-20-21-22-23-41-27-30(40-2)32(31(37)29(36)25-34)43-44(38,39)42-26-28(35)24-33/h22-23,28-37H,3-21,24-27H2,1-2H3,(H,38,39)/t28-,29-,30-,31-,32-/m1/s1. The SMILES string of the molecule is CCCCCCCCCCCCCCCCCCCCC=COC[C@@H](OC)[C@@H](OP(=O)(O)OC[C@H](O)CO)[C@H](O)[C@H](O)CO. The lowest BCUT2D eigenvalue weighted by Gasteiger charge is -2.32. The van der Waals surface area contributed by atoms with Gasteiger partial charge >= 0.3 is 7.82 Å². The van der Waals surface area contributed by atoms with Crippen LogP contribution in [0, 0.1) is 0 Å². The van der Waals surface area contributed by atoms with Crippen molar-refractivity contribution in [1.29, 1.82) is 0 Å². The third-order valence-corrected chi connectivity index (χ3v) is 8.65. The van der Waals surface area contributed by atoms with Gasteiger partial charge in [-0.25, -0.2) is 4.57 Å². The van der Waals surface area contributed by atoms with Gasteiger partial charge in [0.15, 0.2) is 0 Å². The van der Waals surface area contributed by atoms with Crippen molar-refractivity contribution in [2.45, 2.75) is 159 Å². The van der Waals surface area contributed by atoms with Gasteiger partial charge in [-0.15, -0.1) is 0 Å². The number of aliphatic hydroxyl groups is 5. The number of rotatable bonds is 33. The van der Waals surface area contributed by atoms with E-state index in [1.54, 1.807) is 0 Å². The summed E-state index contributed by atoms with van der Waals surface area (Å²) in [6.07, 6.45) is 20.4. The molecule has 0 aliphatic heterocycles. The number of ether oxygens (including phenoxy) is 2.